The van der Waals surface area contributed by atoms with Crippen molar-refractivity contribution >= 4 is 23.5 Å². The second-order valence-electron chi connectivity index (χ2n) is 3.88. The first kappa shape index (κ1) is 15.2. The van der Waals surface area contributed by atoms with E-state index >= 15 is 0 Å². The third-order valence-corrected chi connectivity index (χ3v) is 3.38. The van der Waals surface area contributed by atoms with Crippen LogP contribution in [0, 0.1) is 18.3 Å². The summed E-state index contributed by atoms with van der Waals surface area (Å²) in [5.41, 5.74) is 1.34. The van der Waals surface area contributed by atoms with Gasteiger partial charge in [-0.05, 0) is 26.8 Å². The zero-order valence-corrected chi connectivity index (χ0v) is 11.9. The van der Waals surface area contributed by atoms with Crippen molar-refractivity contribution in [3.63, 3.8) is 0 Å². The topological polar surface area (TPSA) is 82.8 Å². The molecule has 1 rings (SSSR count). The third-order valence-electron chi connectivity index (χ3n) is 2.39. The lowest BCUT2D eigenvalue weighted by atomic mass is 10.1. The predicted molar refractivity (Wildman–Crippen MR) is 73.1 cm³/mol. The molecule has 1 heterocycles. The Morgan fingerprint density at radius 3 is 2.74 bits per heavy atom. The average molecular weight is 277 g/mol. The number of hydrogen-bond donors (Lipinski definition) is 1. The van der Waals surface area contributed by atoms with Crippen molar-refractivity contribution in [1.29, 1.82) is 5.26 Å². The number of pyridine rings is 1. The van der Waals surface area contributed by atoms with Gasteiger partial charge in [-0.2, -0.15) is 5.26 Å². The Bertz CT molecular complexity index is 550. The van der Waals surface area contributed by atoms with E-state index in [2.05, 4.69) is 10.3 Å². The van der Waals surface area contributed by atoms with Crippen molar-refractivity contribution < 1.29 is 9.59 Å². The lowest BCUT2D eigenvalue weighted by Gasteiger charge is -2.07. The molecule has 0 saturated carbocycles. The van der Waals surface area contributed by atoms with Crippen LogP contribution in [0.25, 0.3) is 0 Å². The highest BCUT2D eigenvalue weighted by Crippen LogP contribution is 2.22. The summed E-state index contributed by atoms with van der Waals surface area (Å²) in [6.07, 6.45) is 0. The van der Waals surface area contributed by atoms with E-state index in [0.29, 0.717) is 28.4 Å². The molecular formula is C13H15N3O2S. The average Bonchev–Trinajstić information content (AvgIpc) is 2.36. The Labute approximate surface area is 116 Å². The molecule has 5 nitrogen and oxygen atoms in total. The molecule has 0 aliphatic heterocycles. The standard InChI is InChI=1S/C13H15N3O2S/c1-4-15-12(18)7-19-13-10(6-14)5-11(9(3)17)8(2)16-13/h5H,4,7H2,1-3H3,(H,15,18). The van der Waals surface area contributed by atoms with Crippen LogP contribution in [0.15, 0.2) is 11.1 Å². The number of nitriles is 1. The quantitative estimate of drug-likeness (QED) is 0.654. The SMILES string of the molecule is CCNC(=O)CSc1nc(C)c(C(C)=O)cc1C#N. The first-order valence-electron chi connectivity index (χ1n) is 5.81. The molecule has 6 heteroatoms. The van der Waals surface area contributed by atoms with Gasteiger partial charge in [-0.1, -0.05) is 11.8 Å². The summed E-state index contributed by atoms with van der Waals surface area (Å²) in [5.74, 6) is -0.0257. The molecule has 0 radical (unpaired) electrons. The van der Waals surface area contributed by atoms with Gasteiger partial charge >= 0.3 is 0 Å². The van der Waals surface area contributed by atoms with E-state index in [0.717, 1.165) is 0 Å². The smallest absolute Gasteiger partial charge is 0.230 e. The molecule has 0 aromatic carbocycles. The number of thioether (sulfide) groups is 1. The number of aromatic nitrogens is 1. The number of hydrogen-bond acceptors (Lipinski definition) is 5. The lowest BCUT2D eigenvalue weighted by Crippen LogP contribution is -2.24. The maximum atomic E-state index is 11.4. The normalized spacial score (nSPS) is 9.79. The molecular weight excluding hydrogens is 262 g/mol. The van der Waals surface area contributed by atoms with E-state index in [1.54, 1.807) is 6.92 Å². The summed E-state index contributed by atoms with van der Waals surface area (Å²) in [6, 6.07) is 3.54. The van der Waals surface area contributed by atoms with Crippen molar-refractivity contribution in [2.24, 2.45) is 0 Å². The largest absolute Gasteiger partial charge is 0.356 e. The van der Waals surface area contributed by atoms with E-state index in [4.69, 9.17) is 5.26 Å². The van der Waals surface area contributed by atoms with Gasteiger partial charge in [0.1, 0.15) is 11.1 Å². The van der Waals surface area contributed by atoms with Gasteiger partial charge in [0.25, 0.3) is 0 Å². The molecule has 19 heavy (non-hydrogen) atoms. The summed E-state index contributed by atoms with van der Waals surface area (Å²) in [6.45, 7) is 5.56. The molecule has 0 bridgehead atoms. The number of carbonyl (C=O) groups is 2. The van der Waals surface area contributed by atoms with Gasteiger partial charge in [-0.3, -0.25) is 9.59 Å². The maximum absolute atomic E-state index is 11.4. The Kier molecular flexibility index (Phi) is 5.52. The number of nitrogens with zero attached hydrogens (tertiary/aromatic N) is 2. The van der Waals surface area contributed by atoms with Crippen molar-refractivity contribution in [2.45, 2.75) is 25.8 Å². The van der Waals surface area contributed by atoms with Crippen LogP contribution in [-0.4, -0.2) is 29.0 Å². The number of amides is 1. The van der Waals surface area contributed by atoms with Gasteiger partial charge in [0, 0.05) is 17.8 Å². The molecule has 0 saturated heterocycles. The van der Waals surface area contributed by atoms with Crippen molar-refractivity contribution in [3.8, 4) is 6.07 Å². The van der Waals surface area contributed by atoms with Gasteiger partial charge in [0.05, 0.1) is 11.3 Å². The van der Waals surface area contributed by atoms with Crippen LogP contribution >= 0.6 is 11.8 Å². The van der Waals surface area contributed by atoms with E-state index in [-0.39, 0.29) is 17.4 Å². The second kappa shape index (κ2) is 6.90. The zero-order chi connectivity index (χ0) is 14.4. The van der Waals surface area contributed by atoms with E-state index in [1.807, 2.05) is 13.0 Å². The molecule has 1 amide bonds. The van der Waals surface area contributed by atoms with Crippen LogP contribution in [0.3, 0.4) is 0 Å². The van der Waals surface area contributed by atoms with Crippen molar-refractivity contribution in [3.05, 3.63) is 22.9 Å². The molecule has 0 aliphatic carbocycles. The van der Waals surface area contributed by atoms with Crippen LogP contribution in [0.5, 0.6) is 0 Å². The number of Topliss-reactive ketones (excluding diaryl/α,β-unsaturated/α-hetero) is 1. The molecule has 0 spiro atoms. The van der Waals surface area contributed by atoms with Crippen LogP contribution in [0.4, 0.5) is 0 Å². The number of nitrogens with one attached hydrogen (secondary N) is 1. The molecule has 1 aromatic rings. The number of ketones is 1. The summed E-state index contributed by atoms with van der Waals surface area (Å²) in [4.78, 5) is 27.0. The van der Waals surface area contributed by atoms with Gasteiger partial charge in [0.2, 0.25) is 5.91 Å². The highest BCUT2D eigenvalue weighted by molar-refractivity contribution is 8.00. The Balaban J connectivity index is 2.96. The molecule has 0 unspecified atom stereocenters. The van der Waals surface area contributed by atoms with Gasteiger partial charge in [-0.25, -0.2) is 4.98 Å². The monoisotopic (exact) mass is 277 g/mol. The minimum atomic E-state index is -0.123. The highest BCUT2D eigenvalue weighted by atomic mass is 32.2. The zero-order valence-electron chi connectivity index (χ0n) is 11.1. The molecule has 0 fully saturated rings. The third kappa shape index (κ3) is 4.07. The fourth-order valence-corrected chi connectivity index (χ4v) is 2.34. The van der Waals surface area contributed by atoms with Crippen LogP contribution in [-0.2, 0) is 4.79 Å². The van der Waals surface area contributed by atoms with Crippen LogP contribution in [0.2, 0.25) is 0 Å². The maximum Gasteiger partial charge on any atom is 0.230 e. The van der Waals surface area contributed by atoms with Crippen molar-refractivity contribution in [2.75, 3.05) is 12.3 Å². The van der Waals surface area contributed by atoms with Gasteiger partial charge in [0.15, 0.2) is 5.78 Å². The summed E-state index contributed by atoms with van der Waals surface area (Å²) < 4.78 is 0. The summed E-state index contributed by atoms with van der Waals surface area (Å²) in [7, 11) is 0. The van der Waals surface area contributed by atoms with Crippen LogP contribution < -0.4 is 5.32 Å². The first-order chi connectivity index (χ1) is 8.99. The minimum absolute atomic E-state index is 0.105. The highest BCUT2D eigenvalue weighted by Gasteiger charge is 2.13. The summed E-state index contributed by atoms with van der Waals surface area (Å²) >= 11 is 1.20. The number of carbonyl (C=O) groups excluding carboxylic acids is 2. The lowest BCUT2D eigenvalue weighted by molar-refractivity contribution is -0.118. The first-order valence-corrected chi connectivity index (χ1v) is 6.80. The van der Waals surface area contributed by atoms with Crippen LogP contribution in [0.1, 0.15) is 35.5 Å². The molecule has 0 atom stereocenters. The Hall–Kier alpha value is -1.87. The minimum Gasteiger partial charge on any atom is -0.356 e. The van der Waals surface area contributed by atoms with Crippen molar-refractivity contribution in [1.82, 2.24) is 10.3 Å². The Morgan fingerprint density at radius 2 is 2.21 bits per heavy atom. The summed E-state index contributed by atoms with van der Waals surface area (Å²) in [5, 5.41) is 12.2. The molecule has 1 N–H and O–H groups in total. The fraction of sp³-hybridized carbons (Fsp3) is 0.385. The molecule has 100 valence electrons. The van der Waals surface area contributed by atoms with Gasteiger partial charge in [-0.15, -0.1) is 0 Å². The molecule has 0 aliphatic rings. The van der Waals surface area contributed by atoms with E-state index < -0.39 is 0 Å². The second-order valence-corrected chi connectivity index (χ2v) is 4.85. The van der Waals surface area contributed by atoms with E-state index in [9.17, 15) is 9.59 Å². The van der Waals surface area contributed by atoms with Gasteiger partial charge < -0.3 is 5.32 Å². The molecule has 1 aromatic heterocycles. The number of aryl methyl sites for hydroxylation is 1. The number of rotatable bonds is 5. The fourth-order valence-electron chi connectivity index (χ4n) is 1.51. The predicted octanol–water partition coefficient (Wildman–Crippen LogP) is 1.69. The van der Waals surface area contributed by atoms with E-state index in [1.165, 1.54) is 24.8 Å². The Morgan fingerprint density at radius 1 is 1.53 bits per heavy atom.